The van der Waals surface area contributed by atoms with Gasteiger partial charge in [0, 0.05) is 27.7 Å². The van der Waals surface area contributed by atoms with Gasteiger partial charge in [0.15, 0.2) is 0 Å². The summed E-state index contributed by atoms with van der Waals surface area (Å²) in [5.74, 6) is 0. The molecule has 2 aromatic heterocycles. The lowest BCUT2D eigenvalue weighted by atomic mass is 9.82. The van der Waals surface area contributed by atoms with Crippen molar-refractivity contribution in [3.63, 3.8) is 0 Å². The Morgan fingerprint density at radius 1 is 0.339 bits per heavy atom. The second-order valence-corrected chi connectivity index (χ2v) is 15.8. The van der Waals surface area contributed by atoms with Crippen molar-refractivity contribution >= 4 is 65.0 Å². The van der Waals surface area contributed by atoms with Crippen LogP contribution in [0.2, 0.25) is 0 Å². The zero-order valence-corrected chi connectivity index (χ0v) is 32.0. The van der Waals surface area contributed by atoms with Crippen LogP contribution >= 0.6 is 0 Å². The molecule has 59 heavy (non-hydrogen) atoms. The van der Waals surface area contributed by atoms with Crippen LogP contribution < -0.4 is 0 Å². The molecule has 2 heteroatoms. The Morgan fingerprint density at radius 2 is 0.949 bits per heavy atom. The van der Waals surface area contributed by atoms with E-state index < -0.39 is 0 Å². The summed E-state index contributed by atoms with van der Waals surface area (Å²) in [5.41, 5.74) is 17.3. The van der Waals surface area contributed by atoms with Crippen molar-refractivity contribution in [1.29, 1.82) is 0 Å². The molecule has 0 saturated carbocycles. The molecule has 12 aromatic rings. The molecule has 0 aliphatic heterocycles. The molecule has 2 heterocycles. The van der Waals surface area contributed by atoms with Crippen LogP contribution in [-0.4, -0.2) is 9.55 Å². The van der Waals surface area contributed by atoms with E-state index >= 15 is 0 Å². The first kappa shape index (κ1) is 32.3. The van der Waals surface area contributed by atoms with E-state index in [9.17, 15) is 0 Å². The van der Waals surface area contributed by atoms with Gasteiger partial charge in [-0.25, -0.2) is 0 Å². The third-order valence-electron chi connectivity index (χ3n) is 12.7. The van der Waals surface area contributed by atoms with E-state index in [1.807, 2.05) is 6.20 Å². The second-order valence-electron chi connectivity index (χ2n) is 15.8. The highest BCUT2D eigenvalue weighted by Gasteiger charge is 2.31. The minimum atomic E-state index is 0.994. The molecule has 10 aromatic carbocycles. The summed E-state index contributed by atoms with van der Waals surface area (Å²) in [6, 6.07) is 73.7. The van der Waals surface area contributed by atoms with Gasteiger partial charge in [-0.1, -0.05) is 164 Å². The summed E-state index contributed by atoms with van der Waals surface area (Å²) in [6.07, 6.45) is 1.89. The first-order valence-electron chi connectivity index (χ1n) is 20.4. The van der Waals surface area contributed by atoms with Crippen LogP contribution in [0.3, 0.4) is 0 Å². The summed E-state index contributed by atoms with van der Waals surface area (Å²) < 4.78 is 2.46. The van der Waals surface area contributed by atoms with E-state index in [0.717, 1.165) is 10.9 Å². The molecule has 2 nitrogen and oxygen atoms in total. The second kappa shape index (κ2) is 12.3. The fourth-order valence-electron chi connectivity index (χ4n) is 10.3. The summed E-state index contributed by atoms with van der Waals surface area (Å²) >= 11 is 0. The number of hydrogen-bond donors (Lipinski definition) is 0. The third kappa shape index (κ3) is 4.54. The van der Waals surface area contributed by atoms with E-state index in [1.54, 1.807) is 0 Å². The molecular weight excluding hydrogens is 713 g/mol. The highest BCUT2D eigenvalue weighted by atomic mass is 15.0. The van der Waals surface area contributed by atoms with Crippen molar-refractivity contribution in [3.05, 3.63) is 206 Å². The van der Waals surface area contributed by atoms with Crippen molar-refractivity contribution in [2.45, 2.75) is 0 Å². The van der Waals surface area contributed by atoms with Gasteiger partial charge in [-0.05, 0) is 119 Å². The van der Waals surface area contributed by atoms with Gasteiger partial charge in [-0.2, -0.15) is 0 Å². The number of hydrogen-bond acceptors (Lipinski definition) is 1. The lowest BCUT2D eigenvalue weighted by Crippen LogP contribution is -1.96. The van der Waals surface area contributed by atoms with Crippen LogP contribution in [0.4, 0.5) is 0 Å². The van der Waals surface area contributed by atoms with E-state index in [0.29, 0.717) is 0 Å². The van der Waals surface area contributed by atoms with E-state index in [4.69, 9.17) is 4.98 Å². The summed E-state index contributed by atoms with van der Waals surface area (Å²) in [4.78, 5) is 4.79. The van der Waals surface area contributed by atoms with Gasteiger partial charge >= 0.3 is 0 Å². The molecule has 0 spiro atoms. The molecule has 0 unspecified atom stereocenters. The van der Waals surface area contributed by atoms with E-state index in [-0.39, 0.29) is 0 Å². The number of fused-ring (bicyclic) bond motifs is 10. The van der Waals surface area contributed by atoms with Crippen molar-refractivity contribution in [2.24, 2.45) is 0 Å². The molecule has 0 fully saturated rings. The maximum atomic E-state index is 4.79. The number of pyridine rings is 1. The zero-order chi connectivity index (χ0) is 38.6. The lowest BCUT2D eigenvalue weighted by molar-refractivity contribution is 1.20. The normalized spacial score (nSPS) is 12.1. The van der Waals surface area contributed by atoms with E-state index in [1.165, 1.54) is 115 Å². The van der Waals surface area contributed by atoms with Crippen LogP contribution in [0.1, 0.15) is 0 Å². The number of nitrogens with zero attached hydrogens (tertiary/aromatic N) is 2. The van der Waals surface area contributed by atoms with Crippen LogP contribution in [0, 0.1) is 0 Å². The van der Waals surface area contributed by atoms with Gasteiger partial charge in [0.1, 0.15) is 0 Å². The Kier molecular flexibility index (Phi) is 6.76. The molecule has 0 atom stereocenters. The lowest BCUT2D eigenvalue weighted by Gasteiger charge is -2.20. The average Bonchev–Trinajstić information content (AvgIpc) is 3.82. The van der Waals surface area contributed by atoms with Gasteiger partial charge in [-0.15, -0.1) is 0 Å². The van der Waals surface area contributed by atoms with Crippen molar-refractivity contribution in [2.75, 3.05) is 0 Å². The number of aromatic nitrogens is 2. The van der Waals surface area contributed by atoms with Gasteiger partial charge in [0.25, 0.3) is 0 Å². The summed E-state index contributed by atoms with van der Waals surface area (Å²) in [6.45, 7) is 0. The van der Waals surface area contributed by atoms with E-state index in [2.05, 4.69) is 205 Å². The van der Waals surface area contributed by atoms with Crippen LogP contribution in [0.15, 0.2) is 206 Å². The Bertz CT molecular complexity index is 3610. The zero-order valence-electron chi connectivity index (χ0n) is 32.0. The SMILES string of the molecule is c1ccc(-c2c3c(c(-c4ccccc4)c4ccccc24)-c2ccc(-c4ccc5c(c4)c4ccc6ncccc6c4n5-c4cccc5ccccc45)c4cccc-3c24)cc1. The topological polar surface area (TPSA) is 17.8 Å². The molecule has 0 bridgehead atoms. The summed E-state index contributed by atoms with van der Waals surface area (Å²) in [7, 11) is 0. The van der Waals surface area contributed by atoms with Gasteiger partial charge in [0.2, 0.25) is 0 Å². The standard InChI is InChI=1S/C57H34N2/c1-3-15-36(16-4-1)52-42-21-9-10-22-43(42)53(37-17-5-2-6-18-37)56-47-29-28-39(41-23-12-24-46(54(41)47)55(52)56)38-27-32-51-48(34-38)44-30-31-49-45(25-13-33-58-49)57(44)59(51)50-26-11-19-35-14-7-8-20-40(35)50/h1-34H. The van der Waals surface area contributed by atoms with Crippen molar-refractivity contribution in [1.82, 2.24) is 9.55 Å². The Hall–Kier alpha value is -7.81. The predicted molar refractivity (Wildman–Crippen MR) is 249 cm³/mol. The van der Waals surface area contributed by atoms with Crippen LogP contribution in [0.5, 0.6) is 0 Å². The maximum absolute atomic E-state index is 4.79. The molecular formula is C57H34N2. The van der Waals surface area contributed by atoms with Crippen molar-refractivity contribution in [3.8, 4) is 61.3 Å². The number of benzene rings is 10. The van der Waals surface area contributed by atoms with Gasteiger partial charge in [-0.3, -0.25) is 4.98 Å². The Balaban J connectivity index is 1.10. The Morgan fingerprint density at radius 3 is 1.71 bits per heavy atom. The molecule has 0 radical (unpaired) electrons. The van der Waals surface area contributed by atoms with Gasteiger partial charge in [0.05, 0.1) is 22.2 Å². The molecule has 0 amide bonds. The first-order chi connectivity index (χ1) is 29.3. The van der Waals surface area contributed by atoms with Crippen LogP contribution in [0.25, 0.3) is 126 Å². The first-order valence-corrected chi connectivity index (χ1v) is 20.4. The molecule has 0 N–H and O–H groups in total. The minimum absolute atomic E-state index is 0.994. The summed E-state index contributed by atoms with van der Waals surface area (Å²) in [5, 5.41) is 11.2. The fourth-order valence-corrected chi connectivity index (χ4v) is 10.3. The molecule has 1 aliphatic rings. The van der Waals surface area contributed by atoms with Gasteiger partial charge < -0.3 is 4.57 Å². The van der Waals surface area contributed by atoms with Crippen LogP contribution in [-0.2, 0) is 0 Å². The maximum Gasteiger partial charge on any atom is 0.0723 e. The average molecular weight is 747 g/mol. The molecule has 1 aliphatic carbocycles. The fraction of sp³-hybridized carbons (Fsp3) is 0. The monoisotopic (exact) mass is 746 g/mol. The molecule has 0 saturated heterocycles. The highest BCUT2D eigenvalue weighted by molar-refractivity contribution is 6.29. The quantitative estimate of drug-likeness (QED) is 0.175. The minimum Gasteiger partial charge on any atom is -0.308 e. The highest BCUT2D eigenvalue weighted by Crippen LogP contribution is 2.58. The molecule has 13 rings (SSSR count). The molecule has 272 valence electrons. The largest absolute Gasteiger partial charge is 0.308 e. The van der Waals surface area contributed by atoms with Crippen molar-refractivity contribution < 1.29 is 0 Å². The predicted octanol–water partition coefficient (Wildman–Crippen LogP) is 15.4. The Labute approximate surface area is 340 Å². The number of rotatable bonds is 4. The smallest absolute Gasteiger partial charge is 0.0723 e. The third-order valence-corrected chi connectivity index (χ3v) is 12.7.